The molecule has 1 fully saturated rings. The molecule has 1 N–H and O–H groups in total. The van der Waals surface area contributed by atoms with Crippen LogP contribution >= 0.6 is 0 Å². The summed E-state index contributed by atoms with van der Waals surface area (Å²) in [5, 5.41) is 7.66. The fourth-order valence-corrected chi connectivity index (χ4v) is 3.45. The van der Waals surface area contributed by atoms with Crippen molar-refractivity contribution in [2.75, 3.05) is 24.5 Å². The number of rotatable bonds is 6. The number of nitrogens with one attached hydrogen (secondary N) is 1. The Morgan fingerprint density at radius 2 is 2.23 bits per heavy atom. The molecular formula is C20H29N5O. The number of carbonyl (C=O) groups excluding carboxylic acids is 1. The molecule has 1 saturated heterocycles. The summed E-state index contributed by atoms with van der Waals surface area (Å²) in [6, 6.07) is 7.93. The van der Waals surface area contributed by atoms with Crippen molar-refractivity contribution in [3.05, 3.63) is 41.9 Å². The summed E-state index contributed by atoms with van der Waals surface area (Å²) in [4.78, 5) is 19.4. The molecule has 0 saturated carbocycles. The molecule has 26 heavy (non-hydrogen) atoms. The van der Waals surface area contributed by atoms with Crippen LogP contribution in [0, 0.1) is 5.92 Å². The topological polar surface area (TPSA) is 63.1 Å². The zero-order valence-electron chi connectivity index (χ0n) is 16.0. The van der Waals surface area contributed by atoms with Crippen molar-refractivity contribution in [2.24, 2.45) is 5.92 Å². The molecule has 6 nitrogen and oxygen atoms in total. The van der Waals surface area contributed by atoms with Crippen LogP contribution in [-0.2, 0) is 6.54 Å². The Balaban J connectivity index is 1.59. The van der Waals surface area contributed by atoms with Gasteiger partial charge in [-0.3, -0.25) is 9.48 Å². The largest absolute Gasteiger partial charge is 0.356 e. The lowest BCUT2D eigenvalue weighted by Crippen LogP contribution is -2.41. The van der Waals surface area contributed by atoms with Crippen molar-refractivity contribution in [2.45, 2.75) is 46.1 Å². The molecular weight excluding hydrogens is 326 g/mol. The fraction of sp³-hybridized carbons (Fsp3) is 0.550. The first-order chi connectivity index (χ1) is 12.6. The molecule has 1 aliphatic rings. The number of piperidine rings is 1. The van der Waals surface area contributed by atoms with E-state index in [-0.39, 0.29) is 5.91 Å². The van der Waals surface area contributed by atoms with E-state index >= 15 is 0 Å². The Labute approximate surface area is 155 Å². The van der Waals surface area contributed by atoms with E-state index in [1.807, 2.05) is 37.4 Å². The highest BCUT2D eigenvalue weighted by atomic mass is 16.2. The summed E-state index contributed by atoms with van der Waals surface area (Å²) in [7, 11) is 0. The smallest absolute Gasteiger partial charge is 0.269 e. The third kappa shape index (κ3) is 4.23. The summed E-state index contributed by atoms with van der Waals surface area (Å²) < 4.78 is 1.80. The predicted octanol–water partition coefficient (Wildman–Crippen LogP) is 3.07. The number of pyridine rings is 1. The first-order valence-corrected chi connectivity index (χ1v) is 9.60. The highest BCUT2D eigenvalue weighted by Crippen LogP contribution is 2.21. The lowest BCUT2D eigenvalue weighted by Gasteiger charge is -2.33. The SMILES string of the molecule is CCn1nc(C(C)C)cc1C(=O)NC[C@H]1CCCN(c2ccccn2)C1. The van der Waals surface area contributed by atoms with Gasteiger partial charge >= 0.3 is 0 Å². The first kappa shape index (κ1) is 18.4. The van der Waals surface area contributed by atoms with Gasteiger partial charge in [0.15, 0.2) is 0 Å². The predicted molar refractivity (Wildman–Crippen MR) is 103 cm³/mol. The van der Waals surface area contributed by atoms with E-state index in [0.717, 1.165) is 37.4 Å². The molecule has 2 aromatic rings. The maximum Gasteiger partial charge on any atom is 0.269 e. The second-order valence-electron chi connectivity index (χ2n) is 7.28. The number of nitrogens with zero attached hydrogens (tertiary/aromatic N) is 4. The van der Waals surface area contributed by atoms with Crippen LogP contribution in [0.2, 0.25) is 0 Å². The number of carbonyl (C=O) groups is 1. The molecule has 2 aromatic heterocycles. The normalized spacial score (nSPS) is 17.5. The molecule has 140 valence electrons. The van der Waals surface area contributed by atoms with E-state index in [4.69, 9.17) is 0 Å². The number of aromatic nitrogens is 3. The second-order valence-corrected chi connectivity index (χ2v) is 7.28. The lowest BCUT2D eigenvalue weighted by molar-refractivity contribution is 0.0935. The van der Waals surface area contributed by atoms with Gasteiger partial charge in [0.25, 0.3) is 5.91 Å². The van der Waals surface area contributed by atoms with Gasteiger partial charge in [-0.25, -0.2) is 4.98 Å². The number of hydrogen-bond donors (Lipinski definition) is 1. The molecule has 0 radical (unpaired) electrons. The third-order valence-electron chi connectivity index (χ3n) is 4.97. The third-order valence-corrected chi connectivity index (χ3v) is 4.97. The number of aryl methyl sites for hydroxylation is 1. The van der Waals surface area contributed by atoms with Gasteiger partial charge in [-0.2, -0.15) is 5.10 Å². The van der Waals surface area contributed by atoms with Crippen LogP contribution in [0.25, 0.3) is 0 Å². The second kappa shape index (κ2) is 8.34. The lowest BCUT2D eigenvalue weighted by atomic mass is 9.98. The van der Waals surface area contributed by atoms with Crippen LogP contribution < -0.4 is 10.2 Å². The maximum atomic E-state index is 12.7. The van der Waals surface area contributed by atoms with Gasteiger partial charge in [-0.1, -0.05) is 19.9 Å². The molecule has 0 unspecified atom stereocenters. The molecule has 1 aliphatic heterocycles. The summed E-state index contributed by atoms with van der Waals surface area (Å²) >= 11 is 0. The van der Waals surface area contributed by atoms with Gasteiger partial charge < -0.3 is 10.2 Å². The minimum Gasteiger partial charge on any atom is -0.356 e. The molecule has 0 aliphatic carbocycles. The standard InChI is InChI=1S/C20H29N5O/c1-4-25-18(12-17(23-25)15(2)3)20(26)22-13-16-8-7-11-24(14-16)19-9-5-6-10-21-19/h5-6,9-10,12,15-16H,4,7-8,11,13-14H2,1-3H3,(H,22,26)/t16-/m1/s1. The molecule has 1 atom stereocenters. The molecule has 0 spiro atoms. The van der Waals surface area contributed by atoms with Gasteiger partial charge in [0.2, 0.25) is 0 Å². The summed E-state index contributed by atoms with van der Waals surface area (Å²) in [6.45, 7) is 9.56. The van der Waals surface area contributed by atoms with Crippen LogP contribution in [0.3, 0.4) is 0 Å². The zero-order valence-corrected chi connectivity index (χ0v) is 16.0. The highest BCUT2D eigenvalue weighted by molar-refractivity contribution is 5.92. The van der Waals surface area contributed by atoms with Crippen LogP contribution in [-0.4, -0.2) is 40.3 Å². The summed E-state index contributed by atoms with van der Waals surface area (Å²) in [5.74, 6) is 1.76. The van der Waals surface area contributed by atoms with Crippen molar-refractivity contribution >= 4 is 11.7 Å². The number of hydrogen-bond acceptors (Lipinski definition) is 4. The van der Waals surface area contributed by atoms with Gasteiger partial charge in [0.1, 0.15) is 11.5 Å². The summed E-state index contributed by atoms with van der Waals surface area (Å²) in [6.07, 6.45) is 4.09. The van der Waals surface area contributed by atoms with Crippen molar-refractivity contribution in [3.8, 4) is 0 Å². The molecule has 6 heteroatoms. The van der Waals surface area contributed by atoms with E-state index in [0.29, 0.717) is 30.6 Å². The minimum atomic E-state index is -0.0267. The van der Waals surface area contributed by atoms with Crippen molar-refractivity contribution in [1.29, 1.82) is 0 Å². The monoisotopic (exact) mass is 355 g/mol. The number of amides is 1. The van der Waals surface area contributed by atoms with Crippen molar-refractivity contribution in [1.82, 2.24) is 20.1 Å². The quantitative estimate of drug-likeness (QED) is 0.865. The van der Waals surface area contributed by atoms with Gasteiger partial charge in [-0.05, 0) is 49.8 Å². The molecule has 0 bridgehead atoms. The van der Waals surface area contributed by atoms with E-state index in [1.54, 1.807) is 4.68 Å². The van der Waals surface area contributed by atoms with Crippen molar-refractivity contribution < 1.29 is 4.79 Å². The average molecular weight is 355 g/mol. The van der Waals surface area contributed by atoms with Gasteiger partial charge in [-0.15, -0.1) is 0 Å². The minimum absolute atomic E-state index is 0.0267. The fourth-order valence-electron chi connectivity index (χ4n) is 3.45. The van der Waals surface area contributed by atoms with Gasteiger partial charge in [0, 0.05) is 32.4 Å². The Morgan fingerprint density at radius 3 is 2.92 bits per heavy atom. The summed E-state index contributed by atoms with van der Waals surface area (Å²) in [5.41, 5.74) is 1.63. The number of anilines is 1. The Kier molecular flexibility index (Phi) is 5.91. The van der Waals surface area contributed by atoms with Gasteiger partial charge in [0.05, 0.1) is 5.69 Å². The van der Waals surface area contributed by atoms with Crippen LogP contribution in [0.15, 0.2) is 30.5 Å². The molecule has 0 aromatic carbocycles. The molecule has 1 amide bonds. The maximum absolute atomic E-state index is 12.7. The van der Waals surface area contributed by atoms with Crippen molar-refractivity contribution in [3.63, 3.8) is 0 Å². The first-order valence-electron chi connectivity index (χ1n) is 9.60. The van der Waals surface area contributed by atoms with E-state index in [9.17, 15) is 4.79 Å². The highest BCUT2D eigenvalue weighted by Gasteiger charge is 2.22. The Bertz CT molecular complexity index is 725. The van der Waals surface area contributed by atoms with E-state index < -0.39 is 0 Å². The average Bonchev–Trinajstić information content (AvgIpc) is 3.12. The Morgan fingerprint density at radius 1 is 1.38 bits per heavy atom. The molecule has 3 heterocycles. The Hall–Kier alpha value is -2.37. The van der Waals surface area contributed by atoms with Crippen LogP contribution in [0.1, 0.15) is 55.7 Å². The van der Waals surface area contributed by atoms with E-state index in [2.05, 4.69) is 34.1 Å². The van der Waals surface area contributed by atoms with E-state index in [1.165, 1.54) is 0 Å². The molecule has 3 rings (SSSR count). The zero-order chi connectivity index (χ0) is 18.5. The van der Waals surface area contributed by atoms with Crippen LogP contribution in [0.4, 0.5) is 5.82 Å². The van der Waals surface area contributed by atoms with Crippen LogP contribution in [0.5, 0.6) is 0 Å².